The van der Waals surface area contributed by atoms with Crippen molar-refractivity contribution in [3.63, 3.8) is 0 Å². The van der Waals surface area contributed by atoms with E-state index in [0.29, 0.717) is 19.8 Å². The largest absolute Gasteiger partial charge is 0.376 e. The monoisotopic (exact) mass is 256 g/mol. The predicted molar refractivity (Wildman–Crippen MR) is 58.5 cm³/mol. The molecule has 0 aromatic rings. The topological polar surface area (TPSA) is 52.6 Å². The second kappa shape index (κ2) is 5.48. The van der Waals surface area contributed by atoms with Crippen molar-refractivity contribution < 1.29 is 17.9 Å². The highest BCUT2D eigenvalue weighted by Crippen LogP contribution is 2.18. The van der Waals surface area contributed by atoms with Crippen LogP contribution in [0.3, 0.4) is 0 Å². The molecule has 0 radical (unpaired) electrons. The zero-order chi connectivity index (χ0) is 11.5. The quantitative estimate of drug-likeness (QED) is 0.671. The lowest BCUT2D eigenvalue weighted by molar-refractivity contribution is -0.136. The molecule has 6 heteroatoms. The van der Waals surface area contributed by atoms with Gasteiger partial charge in [0.25, 0.3) is 0 Å². The normalized spacial score (nSPS) is 20.3. The molecule has 1 saturated heterocycles. The highest BCUT2D eigenvalue weighted by molar-refractivity contribution is 8.13. The van der Waals surface area contributed by atoms with Crippen molar-refractivity contribution in [3.05, 3.63) is 0 Å². The predicted octanol–water partition coefficient (Wildman–Crippen LogP) is 1.24. The molecule has 0 spiro atoms. The molecule has 1 heterocycles. The minimum atomic E-state index is -3.44. The molecule has 1 aliphatic heterocycles. The number of hydrogen-bond donors (Lipinski definition) is 0. The molecular weight excluding hydrogens is 240 g/mol. The molecule has 0 bridgehead atoms. The van der Waals surface area contributed by atoms with Gasteiger partial charge in [0, 0.05) is 10.7 Å². The van der Waals surface area contributed by atoms with E-state index in [0.717, 1.165) is 0 Å². The molecule has 90 valence electrons. The lowest BCUT2D eigenvalue weighted by Crippen LogP contribution is -2.38. The highest BCUT2D eigenvalue weighted by atomic mass is 35.7. The van der Waals surface area contributed by atoms with Gasteiger partial charge in [0.1, 0.15) is 6.10 Å². The van der Waals surface area contributed by atoms with E-state index in [1.807, 2.05) is 13.8 Å². The van der Waals surface area contributed by atoms with Crippen molar-refractivity contribution in [1.29, 1.82) is 0 Å². The first-order chi connectivity index (χ1) is 6.88. The standard InChI is InChI=1S/C9H17ClO4S/c1-7(2)8(6-15(10,11)12)3-14-9-4-13-5-9/h7-9H,3-6H2,1-2H3. The van der Waals surface area contributed by atoms with Gasteiger partial charge in [-0.1, -0.05) is 13.8 Å². The number of ether oxygens (including phenoxy) is 2. The fourth-order valence-electron chi connectivity index (χ4n) is 1.26. The van der Waals surface area contributed by atoms with Crippen LogP contribution in [0.25, 0.3) is 0 Å². The first-order valence-electron chi connectivity index (χ1n) is 5.00. The van der Waals surface area contributed by atoms with E-state index in [1.54, 1.807) is 0 Å². The molecule has 0 amide bonds. The van der Waals surface area contributed by atoms with Gasteiger partial charge in [0.2, 0.25) is 9.05 Å². The number of hydrogen-bond acceptors (Lipinski definition) is 4. The van der Waals surface area contributed by atoms with E-state index in [2.05, 4.69) is 0 Å². The zero-order valence-corrected chi connectivity index (χ0v) is 10.6. The highest BCUT2D eigenvalue weighted by Gasteiger charge is 2.25. The third-order valence-corrected chi connectivity index (χ3v) is 3.71. The van der Waals surface area contributed by atoms with E-state index < -0.39 is 9.05 Å². The summed E-state index contributed by atoms with van der Waals surface area (Å²) in [4.78, 5) is 0. The average molecular weight is 257 g/mol. The van der Waals surface area contributed by atoms with Gasteiger partial charge in [-0.05, 0) is 11.8 Å². The van der Waals surface area contributed by atoms with E-state index in [4.69, 9.17) is 20.2 Å². The second-order valence-corrected chi connectivity index (χ2v) is 7.02. The van der Waals surface area contributed by atoms with E-state index in [1.165, 1.54) is 0 Å². The molecule has 4 nitrogen and oxygen atoms in total. The molecule has 0 aromatic heterocycles. The van der Waals surface area contributed by atoms with Gasteiger partial charge in [-0.15, -0.1) is 0 Å². The van der Waals surface area contributed by atoms with E-state index >= 15 is 0 Å². The van der Waals surface area contributed by atoms with E-state index in [9.17, 15) is 8.42 Å². The summed E-state index contributed by atoms with van der Waals surface area (Å²) in [5, 5.41) is 0. The third-order valence-electron chi connectivity index (χ3n) is 2.51. The van der Waals surface area contributed by atoms with Crippen molar-refractivity contribution in [2.45, 2.75) is 20.0 Å². The summed E-state index contributed by atoms with van der Waals surface area (Å²) in [5.41, 5.74) is 0. The lowest BCUT2D eigenvalue weighted by atomic mass is 9.99. The van der Waals surface area contributed by atoms with Crippen LogP contribution >= 0.6 is 10.7 Å². The van der Waals surface area contributed by atoms with Crippen LogP contribution in [0.15, 0.2) is 0 Å². The molecule has 15 heavy (non-hydrogen) atoms. The molecule has 0 aromatic carbocycles. The molecular formula is C9H17ClO4S. The summed E-state index contributed by atoms with van der Waals surface area (Å²) in [5.74, 6) is 0.160. The zero-order valence-electron chi connectivity index (χ0n) is 8.98. The van der Waals surface area contributed by atoms with Crippen molar-refractivity contribution in [2.75, 3.05) is 25.6 Å². The molecule has 1 unspecified atom stereocenters. The molecule has 1 rings (SSSR count). The Balaban J connectivity index is 2.36. The minimum absolute atomic E-state index is 0.0280. The molecule has 0 aliphatic carbocycles. The Morgan fingerprint density at radius 3 is 2.40 bits per heavy atom. The van der Waals surface area contributed by atoms with Crippen molar-refractivity contribution in [1.82, 2.24) is 0 Å². The maximum atomic E-state index is 11.0. The van der Waals surface area contributed by atoms with Gasteiger partial charge in [0.05, 0.1) is 25.6 Å². The smallest absolute Gasteiger partial charge is 0.232 e. The Kier molecular flexibility index (Phi) is 4.83. The maximum absolute atomic E-state index is 11.0. The SMILES string of the molecule is CC(C)C(COC1COC1)CS(=O)(=O)Cl. The second-order valence-electron chi connectivity index (χ2n) is 4.20. The summed E-state index contributed by atoms with van der Waals surface area (Å²) in [6, 6.07) is 0. The van der Waals surface area contributed by atoms with Crippen LogP contribution in [0.5, 0.6) is 0 Å². The first kappa shape index (κ1) is 13.2. The van der Waals surface area contributed by atoms with Crippen LogP contribution in [0.2, 0.25) is 0 Å². The molecule has 1 fully saturated rings. The van der Waals surface area contributed by atoms with Crippen LogP contribution in [-0.2, 0) is 18.5 Å². The Morgan fingerprint density at radius 2 is 2.07 bits per heavy atom. The summed E-state index contributed by atoms with van der Waals surface area (Å²) in [7, 11) is 1.78. The van der Waals surface area contributed by atoms with Gasteiger partial charge >= 0.3 is 0 Å². The van der Waals surface area contributed by atoms with E-state index in [-0.39, 0.29) is 23.7 Å². The molecule has 1 atom stereocenters. The van der Waals surface area contributed by atoms with Gasteiger partial charge in [-0.3, -0.25) is 0 Å². The van der Waals surface area contributed by atoms with Gasteiger partial charge < -0.3 is 9.47 Å². The minimum Gasteiger partial charge on any atom is -0.376 e. The van der Waals surface area contributed by atoms with Gasteiger partial charge in [-0.2, -0.15) is 0 Å². The van der Waals surface area contributed by atoms with Crippen LogP contribution in [-0.4, -0.2) is 40.1 Å². The summed E-state index contributed by atoms with van der Waals surface area (Å²) in [6.45, 7) is 5.58. The molecule has 0 N–H and O–H groups in total. The van der Waals surface area contributed by atoms with Crippen molar-refractivity contribution >= 4 is 19.7 Å². The van der Waals surface area contributed by atoms with Gasteiger partial charge in [0.15, 0.2) is 0 Å². The van der Waals surface area contributed by atoms with Crippen LogP contribution < -0.4 is 0 Å². The van der Waals surface area contributed by atoms with Crippen LogP contribution in [0, 0.1) is 11.8 Å². The lowest BCUT2D eigenvalue weighted by Gasteiger charge is -2.29. The summed E-state index contributed by atoms with van der Waals surface area (Å²) in [6.07, 6.45) is 0.129. The molecule has 0 saturated carbocycles. The Morgan fingerprint density at radius 1 is 1.47 bits per heavy atom. The van der Waals surface area contributed by atoms with Crippen LogP contribution in [0.4, 0.5) is 0 Å². The van der Waals surface area contributed by atoms with Crippen molar-refractivity contribution in [3.8, 4) is 0 Å². The first-order valence-corrected chi connectivity index (χ1v) is 7.48. The number of rotatable bonds is 6. The average Bonchev–Trinajstić information content (AvgIpc) is 1.96. The third kappa shape index (κ3) is 5.15. The summed E-state index contributed by atoms with van der Waals surface area (Å²) >= 11 is 0. The van der Waals surface area contributed by atoms with Gasteiger partial charge in [-0.25, -0.2) is 8.42 Å². The maximum Gasteiger partial charge on any atom is 0.232 e. The Hall–Kier alpha value is 0.160. The fourth-order valence-corrected chi connectivity index (χ4v) is 2.74. The summed E-state index contributed by atoms with van der Waals surface area (Å²) < 4.78 is 32.4. The van der Waals surface area contributed by atoms with Crippen molar-refractivity contribution in [2.24, 2.45) is 11.8 Å². The Labute approximate surface area is 95.3 Å². The van der Waals surface area contributed by atoms with Crippen LogP contribution in [0.1, 0.15) is 13.8 Å². The molecule has 1 aliphatic rings. The fraction of sp³-hybridized carbons (Fsp3) is 1.00. The number of halogens is 1. The Bertz CT molecular complexity index is 284.